The van der Waals surface area contributed by atoms with Crippen molar-refractivity contribution in [2.75, 3.05) is 12.3 Å². The van der Waals surface area contributed by atoms with Gasteiger partial charge in [-0.25, -0.2) is 0 Å². The third kappa shape index (κ3) is 9.51. The molecule has 1 aromatic carbocycles. The number of hydrogen-bond donors (Lipinski definition) is 9. The van der Waals surface area contributed by atoms with E-state index in [1.807, 2.05) is 0 Å². The lowest BCUT2D eigenvalue weighted by molar-refractivity contribution is -0.139. The summed E-state index contributed by atoms with van der Waals surface area (Å²) in [6.45, 7) is -0.728. The first-order valence-electron chi connectivity index (χ1n) is 9.75. The first kappa shape index (κ1) is 28.5. The van der Waals surface area contributed by atoms with Crippen molar-refractivity contribution in [2.24, 2.45) is 11.5 Å². The van der Waals surface area contributed by atoms with Crippen LogP contribution in [0, 0.1) is 0 Å². The Bertz CT molecular complexity index is 942. The molecule has 0 aliphatic rings. The van der Waals surface area contributed by atoms with E-state index in [4.69, 9.17) is 26.8 Å². The molecular weight excluding hydrogens is 476 g/mol. The van der Waals surface area contributed by atoms with Crippen LogP contribution in [0.3, 0.4) is 0 Å². The van der Waals surface area contributed by atoms with Gasteiger partial charge < -0.3 is 47.6 Å². The van der Waals surface area contributed by atoms with Gasteiger partial charge in [0.15, 0.2) is 11.5 Å². The summed E-state index contributed by atoms with van der Waals surface area (Å²) < 4.78 is 0. The highest BCUT2D eigenvalue weighted by molar-refractivity contribution is 7.99. The molecule has 0 fully saturated rings. The summed E-state index contributed by atoms with van der Waals surface area (Å²) in [5, 5.41) is 51.0. The van der Waals surface area contributed by atoms with Gasteiger partial charge in [-0.2, -0.15) is 0 Å². The number of hydrogen-bond acceptors (Lipinski definition) is 10. The monoisotopic (exact) mass is 502 g/mol. The maximum absolute atomic E-state index is 12.4. The highest BCUT2D eigenvalue weighted by Crippen LogP contribution is 2.37. The smallest absolute Gasteiger partial charge is 0.322 e. The molecule has 0 aliphatic heterocycles. The summed E-state index contributed by atoms with van der Waals surface area (Å²) in [5.41, 5.74) is 11.1. The quantitative estimate of drug-likeness (QED) is 0.0987. The predicted molar refractivity (Wildman–Crippen MR) is 117 cm³/mol. The number of phenolic OH excluding ortho intramolecular Hbond substituents is 2. The third-order valence-electron chi connectivity index (χ3n) is 4.36. The van der Waals surface area contributed by atoms with Crippen LogP contribution in [-0.2, 0) is 30.4 Å². The van der Waals surface area contributed by atoms with Crippen molar-refractivity contribution in [1.29, 1.82) is 0 Å². The van der Waals surface area contributed by atoms with Gasteiger partial charge in [0.05, 0.1) is 4.90 Å². The Balaban J connectivity index is 2.98. The Morgan fingerprint density at radius 1 is 0.971 bits per heavy atom. The fourth-order valence-corrected chi connectivity index (χ4v) is 3.59. The number of nitrogens with one attached hydrogen (secondary N) is 2. The van der Waals surface area contributed by atoms with E-state index in [-0.39, 0.29) is 35.5 Å². The van der Waals surface area contributed by atoms with Crippen molar-refractivity contribution in [3.05, 3.63) is 17.7 Å². The minimum atomic E-state index is -1.33. The Morgan fingerprint density at radius 2 is 1.59 bits per heavy atom. The molecule has 0 saturated heterocycles. The Kier molecular flexibility index (Phi) is 11.1. The van der Waals surface area contributed by atoms with E-state index in [1.54, 1.807) is 0 Å². The van der Waals surface area contributed by atoms with Gasteiger partial charge >= 0.3 is 17.9 Å². The van der Waals surface area contributed by atoms with Crippen LogP contribution in [-0.4, -0.2) is 85.7 Å². The van der Waals surface area contributed by atoms with Crippen molar-refractivity contribution in [1.82, 2.24) is 10.6 Å². The third-order valence-corrected chi connectivity index (χ3v) is 5.48. The maximum atomic E-state index is 12.4. The van der Waals surface area contributed by atoms with Gasteiger partial charge in [-0.3, -0.25) is 24.0 Å². The zero-order valence-corrected chi connectivity index (χ0v) is 18.6. The molecule has 14 nitrogen and oxygen atoms in total. The zero-order valence-electron chi connectivity index (χ0n) is 17.8. The number of phenols is 2. The standard InChI is InChI=1S/C19H26N4O10S/c20-9(18(30)31)1-2-14(25)23-11(17(29)22-6-15(26)27)7-34-13-5-8(3-10(21)19(32)33)4-12(24)16(13)28/h4-5,9-11,24,28H,1-3,6-7,20-21H2,(H,22,29)(H,23,25)(H,26,27)(H,30,31)(H,32,33)/t9-,10+,11+/m0/s1. The molecule has 0 heterocycles. The second-order valence-electron chi connectivity index (χ2n) is 7.14. The predicted octanol–water partition coefficient (Wildman–Crippen LogP) is -1.98. The number of aromatic hydroxyl groups is 2. The van der Waals surface area contributed by atoms with Crippen molar-refractivity contribution in [3.63, 3.8) is 0 Å². The van der Waals surface area contributed by atoms with E-state index in [9.17, 15) is 34.2 Å². The van der Waals surface area contributed by atoms with Crippen LogP contribution in [0.2, 0.25) is 0 Å². The van der Waals surface area contributed by atoms with Gasteiger partial charge in [0.2, 0.25) is 11.8 Å². The molecule has 0 bridgehead atoms. The number of nitrogens with two attached hydrogens (primary N) is 2. The highest BCUT2D eigenvalue weighted by Gasteiger charge is 2.24. The normalized spacial score (nSPS) is 13.4. The van der Waals surface area contributed by atoms with E-state index >= 15 is 0 Å². The van der Waals surface area contributed by atoms with Crippen molar-refractivity contribution in [3.8, 4) is 11.5 Å². The number of thioether (sulfide) groups is 1. The summed E-state index contributed by atoms with van der Waals surface area (Å²) in [5.74, 6) is -6.84. The lowest BCUT2D eigenvalue weighted by Crippen LogP contribution is -2.49. The van der Waals surface area contributed by atoms with Crippen LogP contribution in [0.25, 0.3) is 0 Å². The van der Waals surface area contributed by atoms with Gasteiger partial charge in [0.1, 0.15) is 24.7 Å². The second-order valence-corrected chi connectivity index (χ2v) is 8.20. The molecule has 0 spiro atoms. The molecule has 0 radical (unpaired) electrons. The first-order chi connectivity index (χ1) is 15.8. The molecule has 34 heavy (non-hydrogen) atoms. The Labute approximate surface area is 197 Å². The minimum absolute atomic E-state index is 0.0470. The maximum Gasteiger partial charge on any atom is 0.322 e. The van der Waals surface area contributed by atoms with Gasteiger partial charge in [-0.1, -0.05) is 0 Å². The van der Waals surface area contributed by atoms with Crippen LogP contribution < -0.4 is 22.1 Å². The van der Waals surface area contributed by atoms with Crippen molar-refractivity contribution >= 4 is 41.5 Å². The number of aliphatic carboxylic acids is 3. The lowest BCUT2D eigenvalue weighted by atomic mass is 10.1. The molecule has 11 N–H and O–H groups in total. The van der Waals surface area contributed by atoms with E-state index in [1.165, 1.54) is 6.07 Å². The largest absolute Gasteiger partial charge is 0.504 e. The van der Waals surface area contributed by atoms with Crippen LogP contribution in [0.5, 0.6) is 11.5 Å². The molecule has 1 rings (SSSR count). The first-order valence-corrected chi connectivity index (χ1v) is 10.7. The minimum Gasteiger partial charge on any atom is -0.504 e. The molecular formula is C19H26N4O10S. The summed E-state index contributed by atoms with van der Waals surface area (Å²) in [7, 11) is 0. The van der Waals surface area contributed by atoms with Crippen LogP contribution in [0.4, 0.5) is 0 Å². The molecule has 0 aliphatic carbocycles. The summed E-state index contributed by atoms with van der Waals surface area (Å²) in [6.07, 6.45) is -0.701. The van der Waals surface area contributed by atoms with E-state index in [0.717, 1.165) is 17.8 Å². The van der Waals surface area contributed by atoms with Crippen LogP contribution in [0.15, 0.2) is 17.0 Å². The fraction of sp³-hybridized carbons (Fsp3) is 0.421. The number of rotatable bonds is 14. The molecule has 15 heteroatoms. The van der Waals surface area contributed by atoms with Gasteiger partial charge in [0, 0.05) is 12.2 Å². The fourth-order valence-electron chi connectivity index (χ4n) is 2.54. The summed E-state index contributed by atoms with van der Waals surface area (Å²) >= 11 is 0.813. The number of carboxylic acids is 3. The summed E-state index contributed by atoms with van der Waals surface area (Å²) in [6, 6.07) is -1.38. The van der Waals surface area contributed by atoms with Gasteiger partial charge in [0.25, 0.3) is 0 Å². The topological polar surface area (TPSA) is 263 Å². The number of carbonyl (C=O) groups excluding carboxylic acids is 2. The number of benzene rings is 1. The number of carbonyl (C=O) groups is 5. The zero-order chi connectivity index (χ0) is 26.0. The Morgan fingerprint density at radius 3 is 2.15 bits per heavy atom. The van der Waals surface area contributed by atoms with Crippen molar-refractivity contribution in [2.45, 2.75) is 42.3 Å². The molecule has 0 saturated carbocycles. The second kappa shape index (κ2) is 13.2. The van der Waals surface area contributed by atoms with E-state index in [0.29, 0.717) is 0 Å². The molecule has 2 amide bonds. The highest BCUT2D eigenvalue weighted by atomic mass is 32.2. The van der Waals surface area contributed by atoms with Crippen LogP contribution >= 0.6 is 11.8 Å². The number of carboxylic acid groups (broad SMARTS) is 3. The van der Waals surface area contributed by atoms with Crippen molar-refractivity contribution < 1.29 is 49.5 Å². The van der Waals surface area contributed by atoms with E-state index in [2.05, 4.69) is 10.6 Å². The molecule has 1 aromatic rings. The SMILES string of the molecule is N[C@H](Cc1cc(O)c(O)c(SC[C@@H](NC(=O)CC[C@H](N)C(=O)O)C(=O)NCC(=O)O)c1)C(=O)O. The van der Waals surface area contributed by atoms with Gasteiger partial charge in [-0.05, 0) is 30.5 Å². The summed E-state index contributed by atoms with van der Waals surface area (Å²) in [4.78, 5) is 57.1. The van der Waals surface area contributed by atoms with Gasteiger partial charge in [-0.15, -0.1) is 11.8 Å². The molecule has 0 aromatic heterocycles. The lowest BCUT2D eigenvalue weighted by Gasteiger charge is -2.19. The Hall–Kier alpha value is -3.56. The molecule has 188 valence electrons. The molecule has 3 atom stereocenters. The average molecular weight is 503 g/mol. The average Bonchev–Trinajstić information content (AvgIpc) is 2.75. The van der Waals surface area contributed by atoms with E-state index < -0.39 is 65.9 Å². The van der Waals surface area contributed by atoms with Crippen LogP contribution in [0.1, 0.15) is 18.4 Å². The number of amides is 2. The molecule has 0 unspecified atom stereocenters.